The van der Waals surface area contributed by atoms with Crippen molar-refractivity contribution in [1.29, 1.82) is 0 Å². The van der Waals surface area contributed by atoms with E-state index in [0.29, 0.717) is 5.92 Å². The van der Waals surface area contributed by atoms with E-state index in [9.17, 15) is 4.79 Å². The summed E-state index contributed by atoms with van der Waals surface area (Å²) >= 11 is 3.48. The molecule has 1 heterocycles. The van der Waals surface area contributed by atoms with Crippen molar-refractivity contribution in [2.75, 3.05) is 31.5 Å². The molecule has 0 spiro atoms. The summed E-state index contributed by atoms with van der Waals surface area (Å²) in [5.74, 6) is 0.799. The average Bonchev–Trinajstić information content (AvgIpc) is 2.49. The predicted octanol–water partition coefficient (Wildman–Crippen LogP) is 3.96. The second kappa shape index (κ2) is 12.5. The molecule has 4 heteroatoms. The molecule has 1 aliphatic rings. The van der Waals surface area contributed by atoms with Gasteiger partial charge in [0.2, 0.25) is 5.91 Å². The third-order valence-corrected chi connectivity index (χ3v) is 5.02. The Bertz CT molecular complexity index is 266. The molecule has 0 atom stereocenters. The molecular formula is C17H33BrN2O. The van der Waals surface area contributed by atoms with E-state index in [1.54, 1.807) is 6.92 Å². The van der Waals surface area contributed by atoms with Crippen LogP contribution in [0.15, 0.2) is 0 Å². The molecule has 1 saturated heterocycles. The van der Waals surface area contributed by atoms with Crippen LogP contribution in [0, 0.1) is 5.92 Å². The molecule has 0 aliphatic carbocycles. The van der Waals surface area contributed by atoms with Gasteiger partial charge in [0.1, 0.15) is 0 Å². The first-order valence-electron chi connectivity index (χ1n) is 8.75. The molecule has 21 heavy (non-hydrogen) atoms. The number of piperidine rings is 1. The van der Waals surface area contributed by atoms with E-state index in [4.69, 9.17) is 0 Å². The Morgan fingerprint density at radius 3 is 2.19 bits per heavy atom. The summed E-state index contributed by atoms with van der Waals surface area (Å²) < 4.78 is 0. The Morgan fingerprint density at radius 2 is 1.62 bits per heavy atom. The lowest BCUT2D eigenvalue weighted by molar-refractivity contribution is -0.119. The molecule has 0 bridgehead atoms. The minimum atomic E-state index is 0.105. The van der Waals surface area contributed by atoms with Gasteiger partial charge < -0.3 is 10.2 Å². The summed E-state index contributed by atoms with van der Waals surface area (Å²) in [7, 11) is 0. The number of likely N-dealkylation sites (tertiary alicyclic amines) is 1. The van der Waals surface area contributed by atoms with Crippen LogP contribution in [0.4, 0.5) is 0 Å². The van der Waals surface area contributed by atoms with Crippen LogP contribution in [0.25, 0.3) is 0 Å². The maximum absolute atomic E-state index is 10.9. The fourth-order valence-electron chi connectivity index (χ4n) is 3.02. The highest BCUT2D eigenvalue weighted by atomic mass is 79.9. The van der Waals surface area contributed by atoms with Crippen molar-refractivity contribution in [3.63, 3.8) is 0 Å². The molecule has 1 aliphatic heterocycles. The Kier molecular flexibility index (Phi) is 11.2. The lowest BCUT2D eigenvalue weighted by Crippen LogP contribution is -2.38. The Labute approximate surface area is 139 Å². The van der Waals surface area contributed by atoms with Crippen LogP contribution in [-0.2, 0) is 4.79 Å². The second-order valence-electron chi connectivity index (χ2n) is 6.39. The van der Waals surface area contributed by atoms with Crippen LogP contribution in [0.3, 0.4) is 0 Å². The number of carbonyl (C=O) groups excluding carboxylic acids is 1. The van der Waals surface area contributed by atoms with Crippen LogP contribution in [0.5, 0.6) is 0 Å². The van der Waals surface area contributed by atoms with E-state index in [1.807, 2.05) is 0 Å². The van der Waals surface area contributed by atoms with Crippen LogP contribution in [0.2, 0.25) is 0 Å². The van der Waals surface area contributed by atoms with E-state index in [2.05, 4.69) is 26.1 Å². The van der Waals surface area contributed by atoms with Crippen molar-refractivity contribution >= 4 is 21.8 Å². The average molecular weight is 361 g/mol. The number of unbranched alkanes of at least 4 members (excludes halogenated alkanes) is 6. The number of hydrogen-bond donors (Lipinski definition) is 1. The summed E-state index contributed by atoms with van der Waals surface area (Å²) in [5, 5.41) is 4.11. The van der Waals surface area contributed by atoms with Crippen LogP contribution >= 0.6 is 15.9 Å². The molecule has 0 aromatic carbocycles. The van der Waals surface area contributed by atoms with Crippen LogP contribution < -0.4 is 5.32 Å². The van der Waals surface area contributed by atoms with E-state index in [1.165, 1.54) is 77.4 Å². The van der Waals surface area contributed by atoms with Gasteiger partial charge >= 0.3 is 0 Å². The van der Waals surface area contributed by atoms with Gasteiger partial charge in [0.25, 0.3) is 0 Å². The smallest absolute Gasteiger partial charge is 0.216 e. The molecule has 0 saturated carbocycles. The fourth-order valence-corrected chi connectivity index (χ4v) is 3.41. The summed E-state index contributed by atoms with van der Waals surface area (Å²) in [6, 6.07) is 0. The maximum Gasteiger partial charge on any atom is 0.216 e. The van der Waals surface area contributed by atoms with Gasteiger partial charge in [-0.15, -0.1) is 0 Å². The zero-order valence-electron chi connectivity index (χ0n) is 13.7. The first-order chi connectivity index (χ1) is 10.2. The monoisotopic (exact) mass is 360 g/mol. The van der Waals surface area contributed by atoms with Gasteiger partial charge in [0, 0.05) is 18.8 Å². The summed E-state index contributed by atoms with van der Waals surface area (Å²) in [6.45, 7) is 6.19. The predicted molar refractivity (Wildman–Crippen MR) is 94.0 cm³/mol. The fraction of sp³-hybridized carbons (Fsp3) is 0.941. The van der Waals surface area contributed by atoms with E-state index in [-0.39, 0.29) is 5.91 Å². The van der Waals surface area contributed by atoms with E-state index >= 15 is 0 Å². The Morgan fingerprint density at radius 1 is 1.05 bits per heavy atom. The van der Waals surface area contributed by atoms with Gasteiger partial charge in [-0.1, -0.05) is 48.0 Å². The minimum Gasteiger partial charge on any atom is -0.356 e. The van der Waals surface area contributed by atoms with Gasteiger partial charge in [-0.3, -0.25) is 4.79 Å². The molecule has 0 unspecified atom stereocenters. The topological polar surface area (TPSA) is 32.3 Å². The summed E-state index contributed by atoms with van der Waals surface area (Å²) in [6.07, 6.45) is 12.2. The van der Waals surface area contributed by atoms with Crippen molar-refractivity contribution in [3.8, 4) is 0 Å². The Hall–Kier alpha value is -0.0900. The first kappa shape index (κ1) is 19.0. The molecule has 1 rings (SSSR count). The number of carbonyl (C=O) groups is 1. The lowest BCUT2D eigenvalue weighted by atomic mass is 9.96. The molecule has 124 valence electrons. The highest BCUT2D eigenvalue weighted by molar-refractivity contribution is 9.09. The summed E-state index contributed by atoms with van der Waals surface area (Å²) in [4.78, 5) is 13.5. The largest absolute Gasteiger partial charge is 0.356 e. The van der Waals surface area contributed by atoms with E-state index in [0.717, 1.165) is 11.9 Å². The van der Waals surface area contributed by atoms with Gasteiger partial charge in [-0.25, -0.2) is 0 Å². The Balaban J connectivity index is 1.90. The molecular weight excluding hydrogens is 328 g/mol. The van der Waals surface area contributed by atoms with Gasteiger partial charge in [-0.2, -0.15) is 0 Å². The standard InChI is InChI=1S/C17H33BrN2O/c1-16(21)19-15-17-9-13-20(14-10-17)12-8-6-4-2-3-5-7-11-18/h17H,2-15H2,1H3,(H,19,21). The number of hydrogen-bond acceptors (Lipinski definition) is 2. The quantitative estimate of drug-likeness (QED) is 0.446. The number of amides is 1. The normalized spacial score (nSPS) is 17.0. The van der Waals surface area contributed by atoms with Crippen molar-refractivity contribution in [2.45, 2.75) is 64.7 Å². The summed E-state index contributed by atoms with van der Waals surface area (Å²) in [5.41, 5.74) is 0. The van der Waals surface area contributed by atoms with Gasteiger partial charge in [-0.05, 0) is 51.2 Å². The number of nitrogens with zero attached hydrogens (tertiary/aromatic N) is 1. The van der Waals surface area contributed by atoms with Gasteiger partial charge in [0.05, 0.1) is 0 Å². The van der Waals surface area contributed by atoms with Crippen molar-refractivity contribution < 1.29 is 4.79 Å². The maximum atomic E-state index is 10.9. The van der Waals surface area contributed by atoms with Crippen LogP contribution in [-0.4, -0.2) is 42.3 Å². The molecule has 0 radical (unpaired) electrons. The number of nitrogens with one attached hydrogen (secondary N) is 1. The SMILES string of the molecule is CC(=O)NCC1CCN(CCCCCCCCCBr)CC1. The zero-order valence-corrected chi connectivity index (χ0v) is 15.3. The zero-order chi connectivity index (χ0) is 15.3. The number of alkyl halides is 1. The second-order valence-corrected chi connectivity index (χ2v) is 7.18. The van der Waals surface area contributed by atoms with Crippen molar-refractivity contribution in [3.05, 3.63) is 0 Å². The molecule has 1 N–H and O–H groups in total. The number of halogens is 1. The van der Waals surface area contributed by atoms with Crippen molar-refractivity contribution in [2.24, 2.45) is 5.92 Å². The molecule has 1 amide bonds. The molecule has 0 aromatic rings. The van der Waals surface area contributed by atoms with Crippen molar-refractivity contribution in [1.82, 2.24) is 10.2 Å². The minimum absolute atomic E-state index is 0.105. The molecule has 1 fully saturated rings. The molecule has 3 nitrogen and oxygen atoms in total. The van der Waals surface area contributed by atoms with E-state index < -0.39 is 0 Å². The molecule has 0 aromatic heterocycles. The third kappa shape index (κ3) is 10.3. The number of rotatable bonds is 11. The van der Waals surface area contributed by atoms with Crippen LogP contribution in [0.1, 0.15) is 64.7 Å². The van der Waals surface area contributed by atoms with Gasteiger partial charge in [0.15, 0.2) is 0 Å². The first-order valence-corrected chi connectivity index (χ1v) is 9.87. The lowest BCUT2D eigenvalue weighted by Gasteiger charge is -2.31. The highest BCUT2D eigenvalue weighted by Gasteiger charge is 2.18. The third-order valence-electron chi connectivity index (χ3n) is 4.45. The highest BCUT2D eigenvalue weighted by Crippen LogP contribution is 2.17.